The standard InChI is InChI=1S/C13H14FN3O3/c14-9-1-2-11-8(3-9)4-17(13(19)16-11)5-12(18)15-10-6-20-7-10/h1-3,10H,4-7H2,(H,15,18)(H,16,19). The number of rotatable bonds is 3. The Morgan fingerprint density at radius 2 is 2.30 bits per heavy atom. The highest BCUT2D eigenvalue weighted by atomic mass is 19.1. The van der Waals surface area contributed by atoms with Crippen LogP contribution in [0.25, 0.3) is 0 Å². The van der Waals surface area contributed by atoms with Crippen LogP contribution in [0.1, 0.15) is 5.56 Å². The number of hydrogen-bond acceptors (Lipinski definition) is 3. The molecule has 0 bridgehead atoms. The Morgan fingerprint density at radius 1 is 1.50 bits per heavy atom. The van der Waals surface area contributed by atoms with Gasteiger partial charge < -0.3 is 20.3 Å². The van der Waals surface area contributed by atoms with Gasteiger partial charge in [-0.2, -0.15) is 0 Å². The molecule has 2 heterocycles. The van der Waals surface area contributed by atoms with Crippen molar-refractivity contribution < 1.29 is 18.7 Å². The van der Waals surface area contributed by atoms with Crippen molar-refractivity contribution in [2.24, 2.45) is 0 Å². The number of anilines is 1. The van der Waals surface area contributed by atoms with E-state index < -0.39 is 0 Å². The third-order valence-electron chi connectivity index (χ3n) is 3.29. The van der Waals surface area contributed by atoms with E-state index in [9.17, 15) is 14.0 Å². The molecule has 0 aromatic heterocycles. The molecule has 6 nitrogen and oxygen atoms in total. The zero-order valence-corrected chi connectivity index (χ0v) is 10.7. The zero-order valence-electron chi connectivity index (χ0n) is 10.7. The van der Waals surface area contributed by atoms with E-state index in [1.54, 1.807) is 0 Å². The van der Waals surface area contributed by atoms with Crippen LogP contribution in [-0.2, 0) is 16.1 Å². The first-order valence-electron chi connectivity index (χ1n) is 6.33. The van der Waals surface area contributed by atoms with Crippen molar-refractivity contribution in [2.75, 3.05) is 25.1 Å². The molecule has 0 unspecified atom stereocenters. The molecule has 2 N–H and O–H groups in total. The predicted octanol–water partition coefficient (Wildman–Crippen LogP) is 0.688. The molecule has 0 radical (unpaired) electrons. The first-order chi connectivity index (χ1) is 9.61. The van der Waals surface area contributed by atoms with Crippen molar-refractivity contribution in [3.63, 3.8) is 0 Å². The van der Waals surface area contributed by atoms with Crippen LogP contribution in [0.5, 0.6) is 0 Å². The number of fused-ring (bicyclic) bond motifs is 1. The highest BCUT2D eigenvalue weighted by Crippen LogP contribution is 2.23. The Morgan fingerprint density at radius 3 is 3.00 bits per heavy atom. The smallest absolute Gasteiger partial charge is 0.322 e. The van der Waals surface area contributed by atoms with Gasteiger partial charge in [-0.25, -0.2) is 9.18 Å². The summed E-state index contributed by atoms with van der Waals surface area (Å²) in [7, 11) is 0. The Bertz CT molecular complexity index is 560. The van der Waals surface area contributed by atoms with Crippen LogP contribution in [0.4, 0.5) is 14.9 Å². The molecule has 20 heavy (non-hydrogen) atoms. The fourth-order valence-corrected chi connectivity index (χ4v) is 2.18. The fraction of sp³-hybridized carbons (Fsp3) is 0.385. The zero-order chi connectivity index (χ0) is 14.1. The average Bonchev–Trinajstić information content (AvgIpc) is 2.35. The Labute approximate surface area is 114 Å². The molecule has 2 aliphatic heterocycles. The topological polar surface area (TPSA) is 70.7 Å². The van der Waals surface area contributed by atoms with Gasteiger partial charge >= 0.3 is 6.03 Å². The van der Waals surface area contributed by atoms with Gasteiger partial charge in [0.25, 0.3) is 0 Å². The lowest BCUT2D eigenvalue weighted by atomic mass is 10.1. The van der Waals surface area contributed by atoms with Crippen molar-refractivity contribution in [3.05, 3.63) is 29.6 Å². The quantitative estimate of drug-likeness (QED) is 0.855. The summed E-state index contributed by atoms with van der Waals surface area (Å²) in [6.45, 7) is 1.17. The monoisotopic (exact) mass is 279 g/mol. The number of nitrogens with one attached hydrogen (secondary N) is 2. The van der Waals surface area contributed by atoms with Gasteiger partial charge in [-0.15, -0.1) is 0 Å². The Hall–Kier alpha value is -2.15. The molecule has 3 amide bonds. The highest BCUT2D eigenvalue weighted by Gasteiger charge is 2.26. The van der Waals surface area contributed by atoms with Crippen LogP contribution in [0.3, 0.4) is 0 Å². The van der Waals surface area contributed by atoms with Crippen LogP contribution < -0.4 is 10.6 Å². The average molecular weight is 279 g/mol. The number of hydrogen-bond donors (Lipinski definition) is 2. The summed E-state index contributed by atoms with van der Waals surface area (Å²) >= 11 is 0. The van der Waals surface area contributed by atoms with Crippen molar-refractivity contribution in [2.45, 2.75) is 12.6 Å². The van der Waals surface area contributed by atoms with E-state index >= 15 is 0 Å². The molecule has 1 aromatic rings. The second-order valence-electron chi connectivity index (χ2n) is 4.89. The summed E-state index contributed by atoms with van der Waals surface area (Å²) in [5.41, 5.74) is 1.24. The molecule has 2 aliphatic rings. The maximum atomic E-state index is 13.2. The summed E-state index contributed by atoms with van der Waals surface area (Å²) in [6, 6.07) is 3.84. The van der Waals surface area contributed by atoms with Crippen LogP contribution in [0.2, 0.25) is 0 Å². The van der Waals surface area contributed by atoms with E-state index in [0.29, 0.717) is 24.5 Å². The first-order valence-corrected chi connectivity index (χ1v) is 6.33. The molecular weight excluding hydrogens is 265 g/mol. The molecule has 0 spiro atoms. The normalized spacial score (nSPS) is 18.1. The van der Waals surface area contributed by atoms with E-state index in [2.05, 4.69) is 10.6 Å². The van der Waals surface area contributed by atoms with Crippen LogP contribution in [0, 0.1) is 5.82 Å². The third kappa shape index (κ3) is 2.57. The number of benzene rings is 1. The molecule has 106 valence electrons. The molecule has 0 saturated carbocycles. The molecule has 3 rings (SSSR count). The van der Waals surface area contributed by atoms with Crippen molar-refractivity contribution in [1.29, 1.82) is 0 Å². The first kappa shape index (κ1) is 12.9. The molecule has 1 aromatic carbocycles. The van der Waals surface area contributed by atoms with Gasteiger partial charge in [0.1, 0.15) is 12.4 Å². The predicted molar refractivity (Wildman–Crippen MR) is 68.6 cm³/mol. The summed E-state index contributed by atoms with van der Waals surface area (Å²) < 4.78 is 18.1. The Kier molecular flexibility index (Phi) is 3.27. The lowest BCUT2D eigenvalue weighted by Crippen LogP contribution is -2.52. The molecule has 1 fully saturated rings. The van der Waals surface area contributed by atoms with Crippen molar-refractivity contribution in [3.8, 4) is 0 Å². The summed E-state index contributed by atoms with van der Waals surface area (Å²) in [6.07, 6.45) is 0. The van der Waals surface area contributed by atoms with E-state index in [-0.39, 0.29) is 36.9 Å². The van der Waals surface area contributed by atoms with Gasteiger partial charge in [0.2, 0.25) is 5.91 Å². The number of amides is 3. The van der Waals surface area contributed by atoms with E-state index in [4.69, 9.17) is 4.74 Å². The maximum absolute atomic E-state index is 13.2. The second kappa shape index (κ2) is 5.09. The van der Waals surface area contributed by atoms with Crippen molar-refractivity contribution in [1.82, 2.24) is 10.2 Å². The molecule has 0 atom stereocenters. The molecule has 7 heteroatoms. The molecule has 1 saturated heterocycles. The lowest BCUT2D eigenvalue weighted by Gasteiger charge is -2.31. The fourth-order valence-electron chi connectivity index (χ4n) is 2.18. The number of urea groups is 1. The minimum atomic E-state index is -0.365. The number of carbonyl (C=O) groups excluding carboxylic acids is 2. The largest absolute Gasteiger partial charge is 0.377 e. The number of carbonyl (C=O) groups is 2. The van der Waals surface area contributed by atoms with E-state index in [0.717, 1.165) is 0 Å². The molecule has 0 aliphatic carbocycles. The van der Waals surface area contributed by atoms with E-state index in [1.807, 2.05) is 0 Å². The number of ether oxygens (including phenoxy) is 1. The summed E-state index contributed by atoms with van der Waals surface area (Å²) in [5.74, 6) is -0.607. The minimum Gasteiger partial charge on any atom is -0.377 e. The maximum Gasteiger partial charge on any atom is 0.322 e. The van der Waals surface area contributed by atoms with Gasteiger partial charge in [-0.1, -0.05) is 0 Å². The van der Waals surface area contributed by atoms with Crippen LogP contribution in [0.15, 0.2) is 18.2 Å². The van der Waals surface area contributed by atoms with Gasteiger partial charge in [0.05, 0.1) is 25.8 Å². The third-order valence-corrected chi connectivity index (χ3v) is 3.29. The van der Waals surface area contributed by atoms with Gasteiger partial charge in [-0.05, 0) is 23.8 Å². The van der Waals surface area contributed by atoms with Crippen LogP contribution in [-0.4, -0.2) is 42.6 Å². The lowest BCUT2D eigenvalue weighted by molar-refractivity contribution is -0.125. The molecular formula is C13H14FN3O3. The van der Waals surface area contributed by atoms with Gasteiger partial charge in [0, 0.05) is 5.69 Å². The Balaban J connectivity index is 1.65. The SMILES string of the molecule is O=C(CN1Cc2cc(F)ccc2NC1=O)NC1COC1. The highest BCUT2D eigenvalue weighted by molar-refractivity contribution is 5.94. The van der Waals surface area contributed by atoms with E-state index in [1.165, 1.54) is 23.1 Å². The van der Waals surface area contributed by atoms with Gasteiger partial charge in [-0.3, -0.25) is 4.79 Å². The van der Waals surface area contributed by atoms with Gasteiger partial charge in [0.15, 0.2) is 0 Å². The second-order valence-corrected chi connectivity index (χ2v) is 4.89. The summed E-state index contributed by atoms with van der Waals surface area (Å²) in [5, 5.41) is 5.40. The van der Waals surface area contributed by atoms with Crippen molar-refractivity contribution >= 4 is 17.6 Å². The minimum absolute atomic E-state index is 0.0279. The summed E-state index contributed by atoms with van der Waals surface area (Å²) in [4.78, 5) is 25.0. The number of nitrogens with zero attached hydrogens (tertiary/aromatic N) is 1. The van der Waals surface area contributed by atoms with Crippen LogP contribution >= 0.6 is 0 Å². The number of halogens is 1.